The molecular formula is C25H21N3O2S3. The molecule has 1 fully saturated rings. The number of anilines is 1. The van der Waals surface area contributed by atoms with Crippen molar-refractivity contribution in [3.8, 4) is 5.69 Å². The van der Waals surface area contributed by atoms with Crippen LogP contribution in [0.5, 0.6) is 0 Å². The van der Waals surface area contributed by atoms with Crippen molar-refractivity contribution in [1.82, 2.24) is 9.47 Å². The first-order chi connectivity index (χ1) is 16.0. The molecule has 2 aliphatic heterocycles. The molecule has 166 valence electrons. The molecule has 0 aliphatic carbocycles. The number of carbonyl (C=O) groups is 1. The van der Waals surface area contributed by atoms with Gasteiger partial charge in [0.15, 0.2) is 0 Å². The Morgan fingerprint density at radius 3 is 2.27 bits per heavy atom. The normalized spacial score (nSPS) is 18.8. The SMILES string of the molecule is CCN1C(=O)C(=c2sc(=C3C=Cc4ccccc4N3CC)c(=O)n2-c2ccccc2)SC1=S. The maximum atomic E-state index is 13.9. The zero-order valence-electron chi connectivity index (χ0n) is 18.1. The Hall–Kier alpha value is -2.94. The molecule has 0 spiro atoms. The van der Waals surface area contributed by atoms with E-state index in [4.69, 9.17) is 12.2 Å². The number of benzene rings is 2. The Bertz CT molecular complexity index is 1490. The van der Waals surface area contributed by atoms with E-state index in [1.165, 1.54) is 23.1 Å². The topological polar surface area (TPSA) is 45.6 Å². The number of thiazole rings is 1. The van der Waals surface area contributed by atoms with Crippen LogP contribution in [0.1, 0.15) is 19.4 Å². The van der Waals surface area contributed by atoms with E-state index >= 15 is 0 Å². The molecule has 0 atom stereocenters. The van der Waals surface area contributed by atoms with E-state index in [0.29, 0.717) is 31.5 Å². The van der Waals surface area contributed by atoms with Gasteiger partial charge in [0.25, 0.3) is 11.5 Å². The Kier molecular flexibility index (Phi) is 5.82. The number of para-hydroxylation sites is 2. The van der Waals surface area contributed by atoms with Crippen LogP contribution in [0.4, 0.5) is 5.69 Å². The lowest BCUT2D eigenvalue weighted by atomic mass is 10.1. The third-order valence-corrected chi connectivity index (χ3v) is 8.40. The van der Waals surface area contributed by atoms with Crippen LogP contribution in [0, 0.1) is 0 Å². The summed E-state index contributed by atoms with van der Waals surface area (Å²) in [5.41, 5.74) is 3.61. The summed E-state index contributed by atoms with van der Waals surface area (Å²) in [6.45, 7) is 5.19. The van der Waals surface area contributed by atoms with Gasteiger partial charge in [-0.2, -0.15) is 0 Å². The first-order valence-corrected chi connectivity index (χ1v) is 12.7. The van der Waals surface area contributed by atoms with E-state index in [1.807, 2.05) is 61.5 Å². The van der Waals surface area contributed by atoms with Gasteiger partial charge >= 0.3 is 0 Å². The molecular weight excluding hydrogens is 470 g/mol. The highest BCUT2D eigenvalue weighted by Gasteiger charge is 2.33. The number of hydrogen-bond donors (Lipinski definition) is 0. The Morgan fingerprint density at radius 1 is 0.879 bits per heavy atom. The lowest BCUT2D eigenvalue weighted by molar-refractivity contribution is -0.120. The molecule has 1 aromatic heterocycles. The van der Waals surface area contributed by atoms with Crippen molar-refractivity contribution >= 4 is 67.9 Å². The van der Waals surface area contributed by atoms with E-state index in [-0.39, 0.29) is 11.5 Å². The smallest absolute Gasteiger partial charge is 0.275 e. The summed E-state index contributed by atoms with van der Waals surface area (Å²) in [7, 11) is 0. The average molecular weight is 492 g/mol. The Morgan fingerprint density at radius 2 is 1.58 bits per heavy atom. The number of fused-ring (bicyclic) bond motifs is 1. The summed E-state index contributed by atoms with van der Waals surface area (Å²) in [5.74, 6) is -0.146. The molecule has 0 radical (unpaired) electrons. The highest BCUT2D eigenvalue weighted by Crippen LogP contribution is 2.32. The minimum absolute atomic E-state index is 0.138. The molecule has 0 N–H and O–H groups in total. The number of nitrogens with zero attached hydrogens (tertiary/aromatic N) is 3. The molecule has 0 unspecified atom stereocenters. The molecule has 5 rings (SSSR count). The number of hydrogen-bond acceptors (Lipinski definition) is 6. The molecule has 3 aromatic rings. The minimum atomic E-state index is -0.146. The van der Waals surface area contributed by atoms with Crippen molar-refractivity contribution in [2.75, 3.05) is 18.0 Å². The summed E-state index contributed by atoms with van der Waals surface area (Å²) >= 11 is 8.06. The number of carbonyl (C=O) groups excluding carboxylic acids is 1. The van der Waals surface area contributed by atoms with Gasteiger partial charge in [0, 0.05) is 18.8 Å². The predicted octanol–water partition coefficient (Wildman–Crippen LogP) is 3.55. The van der Waals surface area contributed by atoms with Gasteiger partial charge in [0.05, 0.1) is 11.4 Å². The number of likely N-dealkylation sites (N-methyl/N-ethyl adjacent to an activating group) is 1. The molecule has 1 amide bonds. The van der Waals surface area contributed by atoms with Gasteiger partial charge in [0.2, 0.25) is 0 Å². The Balaban J connectivity index is 1.87. The maximum absolute atomic E-state index is 13.9. The average Bonchev–Trinajstić information content (AvgIpc) is 3.33. The van der Waals surface area contributed by atoms with Crippen LogP contribution in [0.25, 0.3) is 22.4 Å². The molecule has 0 saturated carbocycles. The van der Waals surface area contributed by atoms with E-state index in [0.717, 1.165) is 22.6 Å². The summed E-state index contributed by atoms with van der Waals surface area (Å²) in [6.07, 6.45) is 4.04. The standard InChI is InChI=1S/C25H21N3O2S3/c1-3-26-18-13-9-8-10-16(18)14-15-19(26)20-23(30)28(17-11-6-5-7-12-17)24(32-20)21-22(29)27(4-2)25(31)33-21/h5-15H,3-4H2,1-2H3. The summed E-state index contributed by atoms with van der Waals surface area (Å²) in [5, 5.41) is 0. The number of thioether (sulfide) groups is 1. The molecule has 33 heavy (non-hydrogen) atoms. The van der Waals surface area contributed by atoms with Crippen LogP contribution in [-0.2, 0) is 4.79 Å². The first-order valence-electron chi connectivity index (χ1n) is 10.7. The number of amides is 1. The van der Waals surface area contributed by atoms with Crippen molar-refractivity contribution in [3.63, 3.8) is 0 Å². The summed E-state index contributed by atoms with van der Waals surface area (Å²) in [4.78, 5) is 31.3. The molecule has 2 aromatic carbocycles. The van der Waals surface area contributed by atoms with Crippen LogP contribution in [0.2, 0.25) is 0 Å². The Labute approximate surface area is 205 Å². The second-order valence-electron chi connectivity index (χ2n) is 7.48. The molecule has 8 heteroatoms. The lowest BCUT2D eigenvalue weighted by Gasteiger charge is -2.28. The van der Waals surface area contributed by atoms with E-state index in [1.54, 1.807) is 9.47 Å². The van der Waals surface area contributed by atoms with Crippen molar-refractivity contribution in [2.45, 2.75) is 13.8 Å². The maximum Gasteiger partial charge on any atom is 0.275 e. The first kappa shape index (κ1) is 21.9. The fraction of sp³-hybridized carbons (Fsp3) is 0.160. The van der Waals surface area contributed by atoms with Gasteiger partial charge in [-0.15, -0.1) is 11.3 Å². The van der Waals surface area contributed by atoms with Crippen molar-refractivity contribution in [2.24, 2.45) is 0 Å². The lowest BCUT2D eigenvalue weighted by Crippen LogP contribution is -2.36. The van der Waals surface area contributed by atoms with Gasteiger partial charge in [-0.05, 0) is 43.7 Å². The third kappa shape index (κ3) is 3.58. The molecule has 5 nitrogen and oxygen atoms in total. The molecule has 0 bridgehead atoms. The van der Waals surface area contributed by atoms with E-state index < -0.39 is 0 Å². The zero-order valence-corrected chi connectivity index (χ0v) is 20.6. The van der Waals surface area contributed by atoms with Gasteiger partial charge in [0.1, 0.15) is 18.4 Å². The fourth-order valence-electron chi connectivity index (χ4n) is 4.10. The van der Waals surface area contributed by atoms with Gasteiger partial charge < -0.3 is 4.90 Å². The molecule has 2 aliphatic rings. The molecule has 1 saturated heterocycles. The predicted molar refractivity (Wildman–Crippen MR) is 142 cm³/mol. The minimum Gasteiger partial charge on any atom is -0.340 e. The van der Waals surface area contributed by atoms with Gasteiger partial charge in [-0.1, -0.05) is 66.5 Å². The van der Waals surface area contributed by atoms with Crippen LogP contribution in [0.15, 0.2) is 65.5 Å². The van der Waals surface area contributed by atoms with Crippen LogP contribution in [0.3, 0.4) is 0 Å². The third-order valence-electron chi connectivity index (χ3n) is 5.66. The van der Waals surface area contributed by atoms with Crippen molar-refractivity contribution < 1.29 is 4.79 Å². The van der Waals surface area contributed by atoms with Crippen molar-refractivity contribution in [3.05, 3.63) is 85.8 Å². The van der Waals surface area contributed by atoms with Gasteiger partial charge in [-0.3, -0.25) is 19.1 Å². The van der Waals surface area contributed by atoms with Crippen LogP contribution >= 0.6 is 35.3 Å². The van der Waals surface area contributed by atoms with Crippen LogP contribution in [-0.4, -0.2) is 32.8 Å². The summed E-state index contributed by atoms with van der Waals surface area (Å²) < 4.78 is 3.39. The second-order valence-corrected chi connectivity index (χ2v) is 10.1. The van der Waals surface area contributed by atoms with E-state index in [9.17, 15) is 9.59 Å². The highest BCUT2D eigenvalue weighted by molar-refractivity contribution is 8.30. The fourth-order valence-corrected chi connectivity index (χ4v) is 6.80. The monoisotopic (exact) mass is 491 g/mol. The van der Waals surface area contributed by atoms with Gasteiger partial charge in [-0.25, -0.2) is 0 Å². The largest absolute Gasteiger partial charge is 0.340 e. The number of thiocarbonyl (C=S) groups is 1. The molecule has 3 heterocycles. The number of rotatable bonds is 3. The summed E-state index contributed by atoms with van der Waals surface area (Å²) in [6, 6.07) is 17.6. The quantitative estimate of drug-likeness (QED) is 0.525. The number of aromatic nitrogens is 1. The van der Waals surface area contributed by atoms with E-state index in [2.05, 4.69) is 24.0 Å². The van der Waals surface area contributed by atoms with Crippen LogP contribution < -0.4 is 19.7 Å². The second kappa shape index (κ2) is 8.78. The highest BCUT2D eigenvalue weighted by atomic mass is 32.2. The van der Waals surface area contributed by atoms with Crippen molar-refractivity contribution in [1.29, 1.82) is 0 Å². The zero-order chi connectivity index (χ0) is 23.1.